The van der Waals surface area contributed by atoms with Crippen LogP contribution in [-0.4, -0.2) is 36.9 Å². The lowest BCUT2D eigenvalue weighted by molar-refractivity contribution is -0.133. The molecule has 0 heterocycles. The molecule has 0 radical (unpaired) electrons. The zero-order chi connectivity index (χ0) is 15.1. The maximum atomic E-state index is 11.8. The Morgan fingerprint density at radius 2 is 2.00 bits per heavy atom. The number of amides is 2. The van der Waals surface area contributed by atoms with Crippen LogP contribution < -0.4 is 11.1 Å². The van der Waals surface area contributed by atoms with Crippen LogP contribution in [0, 0.1) is 0 Å². The Bertz CT molecular complexity index is 495. The van der Waals surface area contributed by atoms with E-state index < -0.39 is 0 Å². The first-order valence-electron chi connectivity index (χ1n) is 6.13. The number of nitrogens with two attached hydrogens (primary N) is 1. The number of nitrogens with zero attached hydrogens (tertiary/aromatic N) is 1. The van der Waals surface area contributed by atoms with Gasteiger partial charge in [0.1, 0.15) is 0 Å². The minimum absolute atomic E-state index is 0.0242. The SMILES string of the molecule is CN(CC(=O)Nc1ccc(Cl)c(Cl)c1)C(=O)CCCN. The lowest BCUT2D eigenvalue weighted by atomic mass is 10.3. The zero-order valence-corrected chi connectivity index (χ0v) is 12.7. The predicted molar refractivity (Wildman–Crippen MR) is 81.0 cm³/mol. The van der Waals surface area contributed by atoms with Crippen LogP contribution in [-0.2, 0) is 9.59 Å². The van der Waals surface area contributed by atoms with Crippen LogP contribution in [0.3, 0.4) is 0 Å². The summed E-state index contributed by atoms with van der Waals surface area (Å²) in [6.45, 7) is 0.429. The fourth-order valence-electron chi connectivity index (χ4n) is 1.52. The molecular formula is C13H17Cl2N3O2. The summed E-state index contributed by atoms with van der Waals surface area (Å²) in [5.74, 6) is -0.410. The second-order valence-electron chi connectivity index (χ2n) is 4.32. The van der Waals surface area contributed by atoms with Crippen LogP contribution >= 0.6 is 23.2 Å². The van der Waals surface area contributed by atoms with Gasteiger partial charge in [0, 0.05) is 19.2 Å². The molecular weight excluding hydrogens is 301 g/mol. The minimum Gasteiger partial charge on any atom is -0.336 e. The van der Waals surface area contributed by atoms with Gasteiger partial charge in [-0.25, -0.2) is 0 Å². The Balaban J connectivity index is 2.50. The number of hydrogen-bond donors (Lipinski definition) is 2. The van der Waals surface area contributed by atoms with Crippen molar-refractivity contribution in [2.75, 3.05) is 25.5 Å². The quantitative estimate of drug-likeness (QED) is 0.844. The van der Waals surface area contributed by atoms with Crippen molar-refractivity contribution in [2.24, 2.45) is 5.73 Å². The molecule has 5 nitrogen and oxygen atoms in total. The van der Waals surface area contributed by atoms with Crippen LogP contribution in [0.2, 0.25) is 10.0 Å². The molecule has 0 aromatic heterocycles. The Labute approximate surface area is 128 Å². The number of likely N-dealkylation sites (N-methyl/N-ethyl adjacent to an activating group) is 1. The molecule has 0 fully saturated rings. The maximum Gasteiger partial charge on any atom is 0.243 e. The fraction of sp³-hybridized carbons (Fsp3) is 0.385. The molecule has 0 atom stereocenters. The van der Waals surface area contributed by atoms with E-state index in [9.17, 15) is 9.59 Å². The molecule has 1 rings (SSSR count). The average molecular weight is 318 g/mol. The Morgan fingerprint density at radius 3 is 2.60 bits per heavy atom. The van der Waals surface area contributed by atoms with Gasteiger partial charge in [0.15, 0.2) is 0 Å². The van der Waals surface area contributed by atoms with E-state index in [1.165, 1.54) is 4.90 Å². The lowest BCUT2D eigenvalue weighted by Gasteiger charge is -2.16. The number of hydrogen-bond acceptors (Lipinski definition) is 3. The van der Waals surface area contributed by atoms with Gasteiger partial charge in [-0.3, -0.25) is 9.59 Å². The van der Waals surface area contributed by atoms with Gasteiger partial charge in [-0.05, 0) is 31.2 Å². The average Bonchev–Trinajstić information content (AvgIpc) is 2.40. The topological polar surface area (TPSA) is 75.4 Å². The van der Waals surface area contributed by atoms with Crippen LogP contribution in [0.5, 0.6) is 0 Å². The highest BCUT2D eigenvalue weighted by atomic mass is 35.5. The monoisotopic (exact) mass is 317 g/mol. The predicted octanol–water partition coefficient (Wildman–Crippen LogP) is 2.13. The smallest absolute Gasteiger partial charge is 0.243 e. The van der Waals surface area contributed by atoms with Gasteiger partial charge in [0.05, 0.1) is 16.6 Å². The molecule has 0 saturated carbocycles. The Morgan fingerprint density at radius 1 is 1.30 bits per heavy atom. The largest absolute Gasteiger partial charge is 0.336 e. The van der Waals surface area contributed by atoms with E-state index in [0.717, 1.165) is 0 Å². The van der Waals surface area contributed by atoms with Crippen molar-refractivity contribution >= 4 is 40.7 Å². The summed E-state index contributed by atoms with van der Waals surface area (Å²) in [5, 5.41) is 3.42. The van der Waals surface area contributed by atoms with Gasteiger partial charge in [-0.1, -0.05) is 23.2 Å². The molecule has 20 heavy (non-hydrogen) atoms. The third-order valence-electron chi connectivity index (χ3n) is 2.60. The molecule has 0 aliphatic rings. The number of anilines is 1. The molecule has 0 saturated heterocycles. The molecule has 1 aromatic rings. The van der Waals surface area contributed by atoms with E-state index in [-0.39, 0.29) is 18.4 Å². The molecule has 0 bridgehead atoms. The fourth-order valence-corrected chi connectivity index (χ4v) is 1.82. The van der Waals surface area contributed by atoms with Crippen molar-refractivity contribution in [2.45, 2.75) is 12.8 Å². The lowest BCUT2D eigenvalue weighted by Crippen LogP contribution is -2.35. The molecule has 7 heteroatoms. The van der Waals surface area contributed by atoms with Crippen molar-refractivity contribution in [3.05, 3.63) is 28.2 Å². The summed E-state index contributed by atoms with van der Waals surface area (Å²) < 4.78 is 0. The van der Waals surface area contributed by atoms with Gasteiger partial charge in [0.25, 0.3) is 0 Å². The van der Waals surface area contributed by atoms with E-state index in [1.54, 1.807) is 25.2 Å². The first-order valence-corrected chi connectivity index (χ1v) is 6.88. The van der Waals surface area contributed by atoms with Crippen molar-refractivity contribution < 1.29 is 9.59 Å². The minimum atomic E-state index is -0.299. The molecule has 3 N–H and O–H groups in total. The van der Waals surface area contributed by atoms with E-state index in [1.807, 2.05) is 0 Å². The molecule has 1 aromatic carbocycles. The summed E-state index contributed by atoms with van der Waals surface area (Å²) in [7, 11) is 1.58. The number of carbonyl (C=O) groups excluding carboxylic acids is 2. The Kier molecular flexibility index (Phi) is 6.78. The van der Waals surface area contributed by atoms with Crippen LogP contribution in [0.25, 0.3) is 0 Å². The van der Waals surface area contributed by atoms with Gasteiger partial charge in [0.2, 0.25) is 11.8 Å². The van der Waals surface area contributed by atoms with Gasteiger partial charge >= 0.3 is 0 Å². The van der Waals surface area contributed by atoms with Crippen molar-refractivity contribution in [1.29, 1.82) is 0 Å². The number of carbonyl (C=O) groups is 2. The third-order valence-corrected chi connectivity index (χ3v) is 3.34. The van der Waals surface area contributed by atoms with Crippen molar-refractivity contribution in [3.63, 3.8) is 0 Å². The van der Waals surface area contributed by atoms with Crippen LogP contribution in [0.4, 0.5) is 5.69 Å². The molecule has 0 unspecified atom stereocenters. The summed E-state index contributed by atoms with van der Waals surface area (Å²) in [4.78, 5) is 24.8. The Hall–Kier alpha value is -1.30. The van der Waals surface area contributed by atoms with E-state index in [2.05, 4.69) is 5.32 Å². The van der Waals surface area contributed by atoms with Crippen LogP contribution in [0.1, 0.15) is 12.8 Å². The highest BCUT2D eigenvalue weighted by molar-refractivity contribution is 6.42. The maximum absolute atomic E-state index is 11.8. The molecule has 2 amide bonds. The molecule has 0 aliphatic carbocycles. The third kappa shape index (κ3) is 5.36. The second-order valence-corrected chi connectivity index (χ2v) is 5.13. The molecule has 110 valence electrons. The highest BCUT2D eigenvalue weighted by Crippen LogP contribution is 2.24. The van der Waals surface area contributed by atoms with Crippen molar-refractivity contribution in [1.82, 2.24) is 4.90 Å². The highest BCUT2D eigenvalue weighted by Gasteiger charge is 2.12. The van der Waals surface area contributed by atoms with E-state index >= 15 is 0 Å². The van der Waals surface area contributed by atoms with Crippen LogP contribution in [0.15, 0.2) is 18.2 Å². The van der Waals surface area contributed by atoms with Gasteiger partial charge in [-0.15, -0.1) is 0 Å². The summed E-state index contributed by atoms with van der Waals surface area (Å²) in [6.07, 6.45) is 0.949. The number of rotatable bonds is 6. The number of nitrogens with one attached hydrogen (secondary N) is 1. The second kappa shape index (κ2) is 8.09. The summed E-state index contributed by atoms with van der Waals surface area (Å²) in [6, 6.07) is 4.79. The van der Waals surface area contributed by atoms with Crippen molar-refractivity contribution in [3.8, 4) is 0 Å². The normalized spacial score (nSPS) is 10.2. The molecule has 0 spiro atoms. The van der Waals surface area contributed by atoms with Gasteiger partial charge < -0.3 is 16.0 Å². The first-order chi connectivity index (χ1) is 9.43. The summed E-state index contributed by atoms with van der Waals surface area (Å²) in [5.41, 5.74) is 5.87. The standard InChI is InChI=1S/C13H17Cl2N3O2/c1-18(13(20)3-2-6-16)8-12(19)17-9-4-5-10(14)11(15)7-9/h4-5,7H,2-3,6,8,16H2,1H3,(H,17,19). The van der Waals surface area contributed by atoms with Gasteiger partial charge in [-0.2, -0.15) is 0 Å². The summed E-state index contributed by atoms with van der Waals surface area (Å²) >= 11 is 11.6. The van der Waals surface area contributed by atoms with E-state index in [4.69, 9.17) is 28.9 Å². The molecule has 0 aliphatic heterocycles. The zero-order valence-electron chi connectivity index (χ0n) is 11.2. The number of halogens is 2. The first kappa shape index (κ1) is 16.8. The number of benzene rings is 1. The van der Waals surface area contributed by atoms with E-state index in [0.29, 0.717) is 35.1 Å².